The van der Waals surface area contributed by atoms with Crippen molar-refractivity contribution in [1.29, 1.82) is 0 Å². The molecule has 130 valence electrons. The molecule has 2 aliphatic rings. The number of carboxylic acid groups (broad SMARTS) is 1. The number of aromatic hydroxyl groups is 1. The molecular formula is C17H22N2O3S2. The van der Waals surface area contributed by atoms with Crippen molar-refractivity contribution >= 4 is 34.5 Å². The molecule has 1 saturated heterocycles. The Labute approximate surface area is 150 Å². The molecule has 0 spiro atoms. The van der Waals surface area contributed by atoms with Crippen molar-refractivity contribution in [1.82, 2.24) is 4.90 Å². The van der Waals surface area contributed by atoms with Gasteiger partial charge in [0.25, 0.3) is 0 Å². The smallest absolute Gasteiger partial charge is 0.321 e. The molecule has 2 heterocycles. The van der Waals surface area contributed by atoms with Gasteiger partial charge in [0.1, 0.15) is 16.8 Å². The maximum Gasteiger partial charge on any atom is 0.321 e. The van der Waals surface area contributed by atoms with Crippen molar-refractivity contribution < 1.29 is 15.0 Å². The van der Waals surface area contributed by atoms with E-state index in [-0.39, 0.29) is 23.1 Å². The van der Waals surface area contributed by atoms with Crippen LogP contribution in [0, 0.1) is 5.92 Å². The topological polar surface area (TPSA) is 73.1 Å². The van der Waals surface area contributed by atoms with Crippen LogP contribution in [-0.4, -0.2) is 62.1 Å². The summed E-state index contributed by atoms with van der Waals surface area (Å²) in [6, 6.07) is 7.02. The number of phenols is 1. The van der Waals surface area contributed by atoms with Gasteiger partial charge in [-0.1, -0.05) is 19.1 Å². The summed E-state index contributed by atoms with van der Waals surface area (Å²) < 4.78 is 0. The van der Waals surface area contributed by atoms with Crippen molar-refractivity contribution in [3.05, 3.63) is 29.8 Å². The Kier molecular flexibility index (Phi) is 5.42. The number of carboxylic acids is 1. The number of likely N-dealkylation sites (N-methyl/N-ethyl adjacent to an activating group) is 1. The number of hydrogen-bond acceptors (Lipinski definition) is 6. The van der Waals surface area contributed by atoms with Crippen LogP contribution < -0.4 is 0 Å². The molecule has 0 aromatic heterocycles. The largest absolute Gasteiger partial charge is 0.507 e. The van der Waals surface area contributed by atoms with Crippen LogP contribution in [0.4, 0.5) is 0 Å². The molecule has 24 heavy (non-hydrogen) atoms. The van der Waals surface area contributed by atoms with Crippen LogP contribution in [0.3, 0.4) is 0 Å². The SMILES string of the molecule is CC(C1CCSC(c2ccccc2O)=N1)[C@H]1SC[C@H](C(=O)O)N1C. The summed E-state index contributed by atoms with van der Waals surface area (Å²) in [6.45, 7) is 2.16. The lowest BCUT2D eigenvalue weighted by Gasteiger charge is -2.33. The molecule has 0 bridgehead atoms. The van der Waals surface area contributed by atoms with Crippen molar-refractivity contribution in [3.8, 4) is 5.75 Å². The maximum atomic E-state index is 11.3. The molecule has 0 aliphatic carbocycles. The Morgan fingerprint density at radius 3 is 2.83 bits per heavy atom. The third-order valence-corrected chi connectivity index (χ3v) is 7.38. The molecule has 0 radical (unpaired) electrons. The number of thioether (sulfide) groups is 2. The van der Waals surface area contributed by atoms with Gasteiger partial charge in [-0.05, 0) is 25.6 Å². The average molecular weight is 367 g/mol. The fourth-order valence-electron chi connectivity index (χ4n) is 3.27. The zero-order chi connectivity index (χ0) is 17.3. The standard InChI is InChI=1S/C17H22N2O3S2/c1-10(16-19(2)13(9-24-16)17(21)22)12-7-8-23-15(18-12)11-5-3-4-6-14(11)20/h3-6,10,12-13,16,20H,7-9H2,1-2H3,(H,21,22)/t10?,12?,13-,16-/m1/s1. The third kappa shape index (κ3) is 3.43. The van der Waals surface area contributed by atoms with Gasteiger partial charge in [-0.15, -0.1) is 23.5 Å². The van der Waals surface area contributed by atoms with Crippen molar-refractivity contribution in [2.75, 3.05) is 18.6 Å². The summed E-state index contributed by atoms with van der Waals surface area (Å²) in [6.07, 6.45) is 0.978. The monoisotopic (exact) mass is 366 g/mol. The number of benzene rings is 1. The highest BCUT2D eigenvalue weighted by atomic mass is 32.2. The van der Waals surface area contributed by atoms with Gasteiger partial charge in [-0.2, -0.15) is 0 Å². The normalized spacial score (nSPS) is 29.2. The van der Waals surface area contributed by atoms with E-state index in [0.29, 0.717) is 5.75 Å². The molecule has 7 heteroatoms. The summed E-state index contributed by atoms with van der Waals surface area (Å²) in [5.74, 6) is 1.35. The molecular weight excluding hydrogens is 344 g/mol. The van der Waals surface area contributed by atoms with Gasteiger partial charge in [0, 0.05) is 23.0 Å². The molecule has 1 fully saturated rings. The highest BCUT2D eigenvalue weighted by Gasteiger charge is 2.41. The molecule has 1 aromatic rings. The van der Waals surface area contributed by atoms with E-state index in [4.69, 9.17) is 4.99 Å². The lowest BCUT2D eigenvalue weighted by atomic mass is 9.98. The molecule has 5 nitrogen and oxygen atoms in total. The minimum absolute atomic E-state index is 0.147. The first-order valence-electron chi connectivity index (χ1n) is 8.04. The molecule has 2 aliphatic heterocycles. The van der Waals surface area contributed by atoms with Crippen LogP contribution in [0.2, 0.25) is 0 Å². The van der Waals surface area contributed by atoms with E-state index in [2.05, 4.69) is 6.92 Å². The minimum atomic E-state index is -0.753. The van der Waals surface area contributed by atoms with Gasteiger partial charge in [-0.25, -0.2) is 0 Å². The van der Waals surface area contributed by atoms with E-state index in [9.17, 15) is 15.0 Å². The molecule has 2 N–H and O–H groups in total. The van der Waals surface area contributed by atoms with E-state index in [1.54, 1.807) is 29.6 Å². The predicted molar refractivity (Wildman–Crippen MR) is 100 cm³/mol. The van der Waals surface area contributed by atoms with Crippen LogP contribution in [0.5, 0.6) is 5.75 Å². The third-order valence-electron chi connectivity index (χ3n) is 4.73. The molecule has 0 amide bonds. The summed E-state index contributed by atoms with van der Waals surface area (Å²) in [5, 5.41) is 20.4. The molecule has 4 atom stereocenters. The van der Waals surface area contributed by atoms with E-state index in [1.165, 1.54) is 0 Å². The fraction of sp³-hybridized carbons (Fsp3) is 0.529. The van der Waals surface area contributed by atoms with Gasteiger partial charge >= 0.3 is 5.97 Å². The molecule has 3 rings (SSSR count). The van der Waals surface area contributed by atoms with E-state index in [1.807, 2.05) is 30.1 Å². The number of nitrogens with zero attached hydrogens (tertiary/aromatic N) is 2. The van der Waals surface area contributed by atoms with Gasteiger partial charge < -0.3 is 10.2 Å². The first-order valence-corrected chi connectivity index (χ1v) is 10.1. The first-order chi connectivity index (χ1) is 11.5. The van der Waals surface area contributed by atoms with Crippen molar-refractivity contribution in [3.63, 3.8) is 0 Å². The van der Waals surface area contributed by atoms with Gasteiger partial charge in [-0.3, -0.25) is 14.7 Å². The van der Waals surface area contributed by atoms with Crippen LogP contribution >= 0.6 is 23.5 Å². The average Bonchev–Trinajstić information content (AvgIpc) is 2.96. The number of aliphatic imine (C=N–C) groups is 1. The van der Waals surface area contributed by atoms with Crippen LogP contribution in [-0.2, 0) is 4.79 Å². The molecule has 2 unspecified atom stereocenters. The van der Waals surface area contributed by atoms with Gasteiger partial charge in [0.2, 0.25) is 0 Å². The fourth-order valence-corrected chi connectivity index (χ4v) is 5.99. The highest BCUT2D eigenvalue weighted by Crippen LogP contribution is 2.38. The Bertz CT molecular complexity index is 652. The summed E-state index contributed by atoms with van der Waals surface area (Å²) >= 11 is 3.38. The number of carbonyl (C=O) groups is 1. The Balaban J connectivity index is 1.78. The zero-order valence-corrected chi connectivity index (χ0v) is 15.4. The van der Waals surface area contributed by atoms with Gasteiger partial charge in [0.15, 0.2) is 0 Å². The predicted octanol–water partition coefficient (Wildman–Crippen LogP) is 2.74. The van der Waals surface area contributed by atoms with Crippen LogP contribution in [0.15, 0.2) is 29.3 Å². The summed E-state index contributed by atoms with van der Waals surface area (Å²) in [4.78, 5) is 18.2. The summed E-state index contributed by atoms with van der Waals surface area (Å²) in [5.41, 5.74) is 0.787. The van der Waals surface area contributed by atoms with Crippen molar-refractivity contribution in [2.45, 2.75) is 30.8 Å². The van der Waals surface area contributed by atoms with Gasteiger partial charge in [0.05, 0.1) is 11.4 Å². The Morgan fingerprint density at radius 2 is 2.17 bits per heavy atom. The number of rotatable bonds is 4. The molecule has 1 aromatic carbocycles. The lowest BCUT2D eigenvalue weighted by Crippen LogP contribution is -2.43. The number of hydrogen-bond donors (Lipinski definition) is 2. The molecule has 0 saturated carbocycles. The lowest BCUT2D eigenvalue weighted by molar-refractivity contribution is -0.141. The van der Waals surface area contributed by atoms with Crippen LogP contribution in [0.1, 0.15) is 18.9 Å². The second kappa shape index (κ2) is 7.37. The second-order valence-corrected chi connectivity index (χ2v) is 8.49. The Morgan fingerprint density at radius 1 is 1.42 bits per heavy atom. The number of para-hydroxylation sites is 1. The number of phenolic OH excluding ortho intramolecular Hbond substituents is 1. The highest BCUT2D eigenvalue weighted by molar-refractivity contribution is 8.14. The maximum absolute atomic E-state index is 11.3. The van der Waals surface area contributed by atoms with Crippen molar-refractivity contribution in [2.24, 2.45) is 10.9 Å². The first kappa shape index (κ1) is 17.6. The van der Waals surface area contributed by atoms with E-state index in [0.717, 1.165) is 22.8 Å². The summed E-state index contributed by atoms with van der Waals surface area (Å²) in [7, 11) is 1.89. The van der Waals surface area contributed by atoms with E-state index < -0.39 is 12.0 Å². The Hall–Kier alpha value is -1.18. The quantitative estimate of drug-likeness (QED) is 0.854. The van der Waals surface area contributed by atoms with Crippen LogP contribution in [0.25, 0.3) is 0 Å². The minimum Gasteiger partial charge on any atom is -0.507 e. The second-order valence-electron chi connectivity index (χ2n) is 6.26. The zero-order valence-electron chi connectivity index (χ0n) is 13.8. The number of aliphatic carboxylic acids is 1. The van der Waals surface area contributed by atoms with E-state index >= 15 is 0 Å².